The highest BCUT2D eigenvalue weighted by Gasteiger charge is 2.36. The molecule has 0 saturated carbocycles. The van der Waals surface area contributed by atoms with Gasteiger partial charge in [0.15, 0.2) is 5.82 Å². The number of alkyl halides is 3. The maximum Gasteiger partial charge on any atom is 0.417 e. The minimum absolute atomic E-state index is 0.0162. The molecule has 20 heavy (non-hydrogen) atoms. The van der Waals surface area contributed by atoms with Gasteiger partial charge in [-0.1, -0.05) is 11.6 Å². The van der Waals surface area contributed by atoms with E-state index in [-0.39, 0.29) is 11.6 Å². The fourth-order valence-corrected chi connectivity index (χ4v) is 1.78. The Kier molecular flexibility index (Phi) is 3.80. The first-order valence-electron chi connectivity index (χ1n) is 5.26. The van der Waals surface area contributed by atoms with E-state index in [2.05, 4.69) is 9.97 Å². The Hall–Kier alpha value is -1.89. The highest BCUT2D eigenvalue weighted by Crippen LogP contribution is 2.40. The Morgan fingerprint density at radius 3 is 2.50 bits per heavy atom. The SMILES string of the molecule is COc1cc(-c2c(C(F)(F)F)ccc(Cl)c2F)ncn1. The van der Waals surface area contributed by atoms with Crippen LogP contribution in [0.1, 0.15) is 5.56 Å². The summed E-state index contributed by atoms with van der Waals surface area (Å²) in [5.74, 6) is -1.18. The predicted molar refractivity (Wildman–Crippen MR) is 64.0 cm³/mol. The summed E-state index contributed by atoms with van der Waals surface area (Å²) in [5.41, 5.74) is -2.16. The van der Waals surface area contributed by atoms with Crippen LogP contribution in [0.25, 0.3) is 11.3 Å². The van der Waals surface area contributed by atoms with Crippen molar-refractivity contribution in [2.75, 3.05) is 7.11 Å². The van der Waals surface area contributed by atoms with Gasteiger partial charge in [0, 0.05) is 11.6 Å². The standard InChI is InChI=1S/C12H7ClF4N2O/c1-20-9-4-8(18-5-19-9)10-6(12(15,16)17)2-3-7(13)11(10)14/h2-5H,1H3. The van der Waals surface area contributed by atoms with Crippen LogP contribution in [0.2, 0.25) is 5.02 Å². The highest BCUT2D eigenvalue weighted by atomic mass is 35.5. The summed E-state index contributed by atoms with van der Waals surface area (Å²) < 4.78 is 57.6. The van der Waals surface area contributed by atoms with E-state index >= 15 is 0 Å². The topological polar surface area (TPSA) is 35.0 Å². The fourth-order valence-electron chi connectivity index (χ4n) is 1.63. The molecule has 0 aliphatic carbocycles. The summed E-state index contributed by atoms with van der Waals surface area (Å²) in [6.07, 6.45) is -3.76. The average Bonchev–Trinajstić information content (AvgIpc) is 2.40. The molecule has 0 bridgehead atoms. The van der Waals surface area contributed by atoms with Crippen LogP contribution in [0.4, 0.5) is 17.6 Å². The van der Waals surface area contributed by atoms with Gasteiger partial charge in [0.1, 0.15) is 6.33 Å². The summed E-state index contributed by atoms with van der Waals surface area (Å²) in [6, 6.07) is 2.65. The number of benzene rings is 1. The summed E-state index contributed by atoms with van der Waals surface area (Å²) >= 11 is 5.54. The van der Waals surface area contributed by atoms with Crippen molar-refractivity contribution in [2.24, 2.45) is 0 Å². The van der Waals surface area contributed by atoms with E-state index in [0.29, 0.717) is 6.07 Å². The highest BCUT2D eigenvalue weighted by molar-refractivity contribution is 6.31. The normalized spacial score (nSPS) is 11.5. The molecular formula is C12H7ClF4N2O. The zero-order valence-corrected chi connectivity index (χ0v) is 10.8. The smallest absolute Gasteiger partial charge is 0.417 e. The first-order valence-corrected chi connectivity index (χ1v) is 5.64. The molecule has 0 aliphatic rings. The molecule has 0 fully saturated rings. The summed E-state index contributed by atoms with van der Waals surface area (Å²) in [5, 5.41) is -0.425. The second-order valence-electron chi connectivity index (χ2n) is 3.73. The van der Waals surface area contributed by atoms with Gasteiger partial charge in [-0.2, -0.15) is 13.2 Å². The number of methoxy groups -OCH3 is 1. The van der Waals surface area contributed by atoms with Crippen LogP contribution in [-0.2, 0) is 6.18 Å². The lowest BCUT2D eigenvalue weighted by Gasteiger charge is -2.14. The molecular weight excluding hydrogens is 300 g/mol. The summed E-state index contributed by atoms with van der Waals surface area (Å²) in [6.45, 7) is 0. The minimum atomic E-state index is -4.74. The van der Waals surface area contributed by atoms with Crippen molar-refractivity contribution in [2.45, 2.75) is 6.18 Å². The molecule has 0 amide bonds. The Morgan fingerprint density at radius 1 is 1.20 bits per heavy atom. The van der Waals surface area contributed by atoms with Gasteiger partial charge in [-0.25, -0.2) is 14.4 Å². The van der Waals surface area contributed by atoms with Crippen LogP contribution < -0.4 is 4.74 Å². The van der Waals surface area contributed by atoms with Crippen LogP contribution >= 0.6 is 11.6 Å². The molecule has 8 heteroatoms. The third kappa shape index (κ3) is 2.67. The van der Waals surface area contributed by atoms with Crippen molar-refractivity contribution in [1.82, 2.24) is 9.97 Å². The Balaban J connectivity index is 2.74. The van der Waals surface area contributed by atoms with Crippen molar-refractivity contribution < 1.29 is 22.3 Å². The van der Waals surface area contributed by atoms with Gasteiger partial charge >= 0.3 is 6.18 Å². The Bertz CT molecular complexity index is 646. The van der Waals surface area contributed by atoms with Crippen LogP contribution in [0.5, 0.6) is 5.88 Å². The van der Waals surface area contributed by atoms with Crippen LogP contribution in [-0.4, -0.2) is 17.1 Å². The van der Waals surface area contributed by atoms with Gasteiger partial charge in [-0.3, -0.25) is 0 Å². The third-order valence-electron chi connectivity index (χ3n) is 2.51. The second kappa shape index (κ2) is 5.24. The molecule has 0 atom stereocenters. The van der Waals surface area contributed by atoms with Gasteiger partial charge in [0.25, 0.3) is 0 Å². The molecule has 0 aliphatic heterocycles. The Labute approximate surface area is 116 Å². The molecule has 0 spiro atoms. The second-order valence-corrected chi connectivity index (χ2v) is 4.13. The van der Waals surface area contributed by atoms with E-state index < -0.39 is 28.1 Å². The van der Waals surface area contributed by atoms with Crippen molar-refractivity contribution in [3.63, 3.8) is 0 Å². The molecule has 0 unspecified atom stereocenters. The molecule has 3 nitrogen and oxygen atoms in total. The summed E-state index contributed by atoms with van der Waals surface area (Å²) in [4.78, 5) is 7.30. The number of nitrogens with zero attached hydrogens (tertiary/aromatic N) is 2. The van der Waals surface area contributed by atoms with Gasteiger partial charge < -0.3 is 4.74 Å². The lowest BCUT2D eigenvalue weighted by atomic mass is 10.0. The monoisotopic (exact) mass is 306 g/mol. The van der Waals surface area contributed by atoms with Crippen molar-refractivity contribution in [3.8, 4) is 17.1 Å². The number of aromatic nitrogens is 2. The first kappa shape index (κ1) is 14.5. The van der Waals surface area contributed by atoms with Crippen molar-refractivity contribution in [3.05, 3.63) is 40.9 Å². The largest absolute Gasteiger partial charge is 0.481 e. The molecule has 2 aromatic rings. The zero-order valence-electron chi connectivity index (χ0n) is 10.0. The third-order valence-corrected chi connectivity index (χ3v) is 2.80. The maximum atomic E-state index is 14.0. The quantitative estimate of drug-likeness (QED) is 0.788. The van der Waals surface area contributed by atoms with Gasteiger partial charge in [-0.05, 0) is 12.1 Å². The first-order chi connectivity index (χ1) is 9.34. The van der Waals surface area contributed by atoms with E-state index in [1.807, 2.05) is 0 Å². The number of rotatable bonds is 2. The van der Waals surface area contributed by atoms with Gasteiger partial charge in [0.2, 0.25) is 5.88 Å². The maximum absolute atomic E-state index is 14.0. The fraction of sp³-hybridized carbons (Fsp3) is 0.167. The zero-order chi connectivity index (χ0) is 14.9. The lowest BCUT2D eigenvalue weighted by Crippen LogP contribution is -2.09. The van der Waals surface area contributed by atoms with Crippen LogP contribution in [0.15, 0.2) is 24.5 Å². The molecule has 1 aromatic heterocycles. The molecule has 0 N–H and O–H groups in total. The van der Waals surface area contributed by atoms with Gasteiger partial charge in [-0.15, -0.1) is 0 Å². The van der Waals surface area contributed by atoms with E-state index in [0.717, 1.165) is 18.5 Å². The number of ether oxygens (including phenoxy) is 1. The van der Waals surface area contributed by atoms with Crippen LogP contribution in [0.3, 0.4) is 0 Å². The molecule has 106 valence electrons. The lowest BCUT2D eigenvalue weighted by molar-refractivity contribution is -0.137. The van der Waals surface area contributed by atoms with Crippen LogP contribution in [0, 0.1) is 5.82 Å². The predicted octanol–water partition coefficient (Wildman–Crippen LogP) is 3.96. The van der Waals surface area contributed by atoms with E-state index in [1.165, 1.54) is 7.11 Å². The number of hydrogen-bond acceptors (Lipinski definition) is 3. The molecule has 0 radical (unpaired) electrons. The number of hydrogen-bond donors (Lipinski definition) is 0. The van der Waals surface area contributed by atoms with E-state index in [9.17, 15) is 17.6 Å². The molecule has 2 rings (SSSR count). The van der Waals surface area contributed by atoms with Crippen molar-refractivity contribution >= 4 is 11.6 Å². The minimum Gasteiger partial charge on any atom is -0.481 e. The molecule has 1 aromatic carbocycles. The van der Waals surface area contributed by atoms with Gasteiger partial charge in [0.05, 0.1) is 23.4 Å². The number of halogens is 5. The molecule has 1 heterocycles. The average molecular weight is 307 g/mol. The Morgan fingerprint density at radius 2 is 1.90 bits per heavy atom. The van der Waals surface area contributed by atoms with E-state index in [4.69, 9.17) is 16.3 Å². The van der Waals surface area contributed by atoms with E-state index in [1.54, 1.807) is 0 Å². The molecule has 0 saturated heterocycles. The van der Waals surface area contributed by atoms with Crippen molar-refractivity contribution in [1.29, 1.82) is 0 Å². The summed E-state index contributed by atoms with van der Waals surface area (Å²) in [7, 11) is 1.28.